The predicted octanol–water partition coefficient (Wildman–Crippen LogP) is 1.48. The summed E-state index contributed by atoms with van der Waals surface area (Å²) in [5, 5.41) is 6.72. The van der Waals surface area contributed by atoms with Gasteiger partial charge in [-0.1, -0.05) is 0 Å². The SMILES string of the molecule is CC(C)(C)OC(=O)NC1CCC/C(=N\NC(N)=O)C1. The van der Waals surface area contributed by atoms with Crippen LogP contribution in [0.5, 0.6) is 0 Å². The number of hydrogen-bond donors (Lipinski definition) is 3. The Labute approximate surface area is 112 Å². The third kappa shape index (κ3) is 6.64. The summed E-state index contributed by atoms with van der Waals surface area (Å²) in [6.45, 7) is 5.45. The molecule has 1 rings (SSSR count). The molecule has 3 amide bonds. The molecular formula is C12H22N4O3. The van der Waals surface area contributed by atoms with Gasteiger partial charge >= 0.3 is 12.1 Å². The van der Waals surface area contributed by atoms with Crippen molar-refractivity contribution in [2.24, 2.45) is 10.8 Å². The molecule has 7 nitrogen and oxygen atoms in total. The van der Waals surface area contributed by atoms with Crippen LogP contribution in [0.15, 0.2) is 5.10 Å². The van der Waals surface area contributed by atoms with Crippen LogP contribution in [-0.2, 0) is 4.74 Å². The number of rotatable bonds is 2. The Morgan fingerprint density at radius 2 is 2.11 bits per heavy atom. The second-order valence-electron chi connectivity index (χ2n) is 5.59. The van der Waals surface area contributed by atoms with Gasteiger partial charge in [0, 0.05) is 18.2 Å². The molecule has 0 heterocycles. The molecule has 19 heavy (non-hydrogen) atoms. The van der Waals surface area contributed by atoms with Gasteiger partial charge in [0.25, 0.3) is 0 Å². The molecule has 1 aliphatic rings. The number of amides is 3. The van der Waals surface area contributed by atoms with E-state index in [9.17, 15) is 9.59 Å². The highest BCUT2D eigenvalue weighted by molar-refractivity contribution is 5.87. The number of nitrogens with one attached hydrogen (secondary N) is 2. The first-order valence-corrected chi connectivity index (χ1v) is 6.36. The number of hydrogen-bond acceptors (Lipinski definition) is 4. The molecule has 0 spiro atoms. The van der Waals surface area contributed by atoms with E-state index in [1.807, 2.05) is 20.8 Å². The van der Waals surface area contributed by atoms with Crippen LogP contribution in [0, 0.1) is 0 Å². The zero-order chi connectivity index (χ0) is 14.5. The summed E-state index contributed by atoms with van der Waals surface area (Å²) in [5.74, 6) is 0. The largest absolute Gasteiger partial charge is 0.444 e. The molecule has 0 radical (unpaired) electrons. The Balaban J connectivity index is 2.45. The first-order valence-electron chi connectivity index (χ1n) is 6.36. The van der Waals surface area contributed by atoms with Gasteiger partial charge in [0.15, 0.2) is 0 Å². The van der Waals surface area contributed by atoms with Gasteiger partial charge in [-0.05, 0) is 40.0 Å². The number of hydrazone groups is 1. The van der Waals surface area contributed by atoms with E-state index >= 15 is 0 Å². The topological polar surface area (TPSA) is 106 Å². The standard InChI is InChI=1S/C12H22N4O3/c1-12(2,3)19-11(18)14-8-5-4-6-9(7-8)15-16-10(13)17/h8H,4-7H2,1-3H3,(H,14,18)(H3,13,16,17)/b15-9+. The van der Waals surface area contributed by atoms with Crippen LogP contribution in [-0.4, -0.2) is 29.5 Å². The molecule has 0 saturated heterocycles. The van der Waals surface area contributed by atoms with Crippen molar-refractivity contribution in [1.29, 1.82) is 0 Å². The molecule has 1 atom stereocenters. The highest BCUT2D eigenvalue weighted by atomic mass is 16.6. The molecule has 1 unspecified atom stereocenters. The summed E-state index contributed by atoms with van der Waals surface area (Å²) in [4.78, 5) is 22.2. The minimum Gasteiger partial charge on any atom is -0.444 e. The highest BCUT2D eigenvalue weighted by Crippen LogP contribution is 2.16. The lowest BCUT2D eigenvalue weighted by atomic mass is 9.94. The lowest BCUT2D eigenvalue weighted by molar-refractivity contribution is 0.0501. The highest BCUT2D eigenvalue weighted by Gasteiger charge is 2.23. The maximum absolute atomic E-state index is 11.6. The van der Waals surface area contributed by atoms with E-state index in [0.29, 0.717) is 6.42 Å². The fourth-order valence-corrected chi connectivity index (χ4v) is 1.87. The predicted molar refractivity (Wildman–Crippen MR) is 71.8 cm³/mol. The molecule has 0 aromatic carbocycles. The number of nitrogens with two attached hydrogens (primary N) is 1. The Kier molecular flexibility index (Phi) is 5.14. The van der Waals surface area contributed by atoms with Crippen LogP contribution >= 0.6 is 0 Å². The third-order valence-electron chi connectivity index (χ3n) is 2.55. The second-order valence-corrected chi connectivity index (χ2v) is 5.59. The molecule has 1 aliphatic carbocycles. The van der Waals surface area contributed by atoms with Crippen LogP contribution in [0.3, 0.4) is 0 Å². The minimum absolute atomic E-state index is 0.0166. The number of carbonyl (C=O) groups excluding carboxylic acids is 2. The van der Waals surface area contributed by atoms with Gasteiger partial charge in [0.2, 0.25) is 0 Å². The summed E-state index contributed by atoms with van der Waals surface area (Å²) < 4.78 is 5.19. The van der Waals surface area contributed by atoms with Crippen molar-refractivity contribution >= 4 is 17.8 Å². The zero-order valence-corrected chi connectivity index (χ0v) is 11.7. The van der Waals surface area contributed by atoms with Gasteiger partial charge in [-0.25, -0.2) is 15.0 Å². The smallest absolute Gasteiger partial charge is 0.407 e. The van der Waals surface area contributed by atoms with E-state index in [-0.39, 0.29) is 6.04 Å². The summed E-state index contributed by atoms with van der Waals surface area (Å²) in [7, 11) is 0. The zero-order valence-electron chi connectivity index (χ0n) is 11.7. The van der Waals surface area contributed by atoms with Crippen LogP contribution in [0.4, 0.5) is 9.59 Å². The molecular weight excluding hydrogens is 248 g/mol. The Morgan fingerprint density at radius 1 is 1.42 bits per heavy atom. The number of primary amides is 1. The molecule has 108 valence electrons. The van der Waals surface area contributed by atoms with E-state index < -0.39 is 17.7 Å². The quantitative estimate of drug-likeness (QED) is 0.661. The molecule has 0 bridgehead atoms. The number of ether oxygens (including phenoxy) is 1. The van der Waals surface area contributed by atoms with Crippen LogP contribution in [0.1, 0.15) is 46.5 Å². The molecule has 1 saturated carbocycles. The van der Waals surface area contributed by atoms with Gasteiger partial charge in [-0.15, -0.1) is 0 Å². The van der Waals surface area contributed by atoms with Gasteiger partial charge in [-0.2, -0.15) is 5.10 Å². The van der Waals surface area contributed by atoms with E-state index in [0.717, 1.165) is 25.0 Å². The van der Waals surface area contributed by atoms with Crippen molar-refractivity contribution < 1.29 is 14.3 Å². The molecule has 0 aromatic heterocycles. The summed E-state index contributed by atoms with van der Waals surface area (Å²) in [5.41, 5.74) is 7.47. The number of carbonyl (C=O) groups is 2. The van der Waals surface area contributed by atoms with Crippen molar-refractivity contribution in [3.63, 3.8) is 0 Å². The van der Waals surface area contributed by atoms with Gasteiger partial charge in [0.05, 0.1) is 0 Å². The van der Waals surface area contributed by atoms with Gasteiger partial charge in [-0.3, -0.25) is 0 Å². The molecule has 4 N–H and O–H groups in total. The Bertz CT molecular complexity index is 374. The summed E-state index contributed by atoms with van der Waals surface area (Å²) in [6, 6.07) is -0.702. The van der Waals surface area contributed by atoms with Crippen LogP contribution in [0.25, 0.3) is 0 Å². The maximum atomic E-state index is 11.6. The average molecular weight is 270 g/mol. The normalized spacial score (nSPS) is 21.8. The monoisotopic (exact) mass is 270 g/mol. The van der Waals surface area contributed by atoms with Gasteiger partial charge in [0.1, 0.15) is 5.60 Å². The number of alkyl carbamates (subject to hydrolysis) is 1. The molecule has 7 heteroatoms. The fourth-order valence-electron chi connectivity index (χ4n) is 1.87. The molecule has 1 fully saturated rings. The first kappa shape index (κ1) is 15.3. The van der Waals surface area contributed by atoms with Crippen molar-refractivity contribution in [3.05, 3.63) is 0 Å². The fraction of sp³-hybridized carbons (Fsp3) is 0.750. The van der Waals surface area contributed by atoms with E-state index in [2.05, 4.69) is 15.8 Å². The maximum Gasteiger partial charge on any atom is 0.407 e. The molecule has 0 aromatic rings. The first-order chi connectivity index (χ1) is 8.76. The van der Waals surface area contributed by atoms with Crippen molar-refractivity contribution in [2.75, 3.05) is 0 Å². The Morgan fingerprint density at radius 3 is 2.68 bits per heavy atom. The average Bonchev–Trinajstić information content (AvgIpc) is 2.24. The van der Waals surface area contributed by atoms with E-state index in [1.165, 1.54) is 0 Å². The second kappa shape index (κ2) is 6.40. The van der Waals surface area contributed by atoms with E-state index in [1.54, 1.807) is 0 Å². The van der Waals surface area contributed by atoms with Gasteiger partial charge < -0.3 is 15.8 Å². The third-order valence-corrected chi connectivity index (χ3v) is 2.55. The lowest BCUT2D eigenvalue weighted by Gasteiger charge is -2.26. The number of nitrogens with zero attached hydrogens (tertiary/aromatic N) is 1. The Hall–Kier alpha value is -1.79. The molecule has 0 aliphatic heterocycles. The van der Waals surface area contributed by atoms with E-state index in [4.69, 9.17) is 10.5 Å². The van der Waals surface area contributed by atoms with Crippen molar-refractivity contribution in [2.45, 2.75) is 58.1 Å². The summed E-state index contributed by atoms with van der Waals surface area (Å²) >= 11 is 0. The summed E-state index contributed by atoms with van der Waals surface area (Å²) in [6.07, 6.45) is 2.74. The van der Waals surface area contributed by atoms with Crippen molar-refractivity contribution in [1.82, 2.24) is 10.7 Å². The van der Waals surface area contributed by atoms with Crippen LogP contribution in [0.2, 0.25) is 0 Å². The lowest BCUT2D eigenvalue weighted by Crippen LogP contribution is -2.42. The number of urea groups is 1. The van der Waals surface area contributed by atoms with Crippen molar-refractivity contribution in [3.8, 4) is 0 Å². The van der Waals surface area contributed by atoms with Crippen LogP contribution < -0.4 is 16.5 Å². The minimum atomic E-state index is -0.685.